The molecule has 0 saturated heterocycles. The quantitative estimate of drug-likeness (QED) is 0.308. The van der Waals surface area contributed by atoms with E-state index in [1.807, 2.05) is 59.4 Å². The number of aromatic nitrogens is 2. The van der Waals surface area contributed by atoms with Crippen LogP contribution in [0.1, 0.15) is 30.5 Å². The van der Waals surface area contributed by atoms with Crippen molar-refractivity contribution in [3.8, 4) is 11.1 Å². The van der Waals surface area contributed by atoms with Gasteiger partial charge in [0.15, 0.2) is 0 Å². The molecule has 0 aliphatic carbocycles. The molecule has 0 unspecified atom stereocenters. The Kier molecular flexibility index (Phi) is 10.1. The monoisotopic (exact) mass is 441 g/mol. The van der Waals surface area contributed by atoms with Gasteiger partial charge < -0.3 is 20.6 Å². The van der Waals surface area contributed by atoms with Gasteiger partial charge in [0, 0.05) is 54.4 Å². The molecule has 5 nitrogen and oxygen atoms in total. The molecule has 33 heavy (non-hydrogen) atoms. The van der Waals surface area contributed by atoms with Crippen LogP contribution in [0.25, 0.3) is 28.2 Å². The summed E-state index contributed by atoms with van der Waals surface area (Å²) in [4.78, 5) is 4.73. The number of nitrogens with one attached hydrogen (secondary N) is 3. The SMILES string of the molecule is C=Cc1ccc(Cn2ccc3cc(-c4ccc(C=N)c(NC)c4)cnc32)cc1.CC.CNC. The standard InChI is InChI=1S/C24H22N4.C2H7N.C2H6/c1-3-17-4-6-18(7-5-17)16-28-11-10-20-12-22(15-27-24(20)28)19-8-9-21(14-25)23(13-19)26-2;1-3-2;1-2/h3-15,25-26H,1,16H2,2H3;3H,1-2H3;1-2H3. The summed E-state index contributed by atoms with van der Waals surface area (Å²) in [7, 11) is 5.62. The molecule has 4 aromatic rings. The van der Waals surface area contributed by atoms with Crippen LogP contribution in [0.4, 0.5) is 5.69 Å². The van der Waals surface area contributed by atoms with E-state index in [-0.39, 0.29) is 0 Å². The highest BCUT2D eigenvalue weighted by Crippen LogP contribution is 2.27. The number of pyridine rings is 1. The topological polar surface area (TPSA) is 65.7 Å². The average Bonchev–Trinajstić information content (AvgIpc) is 3.27. The molecule has 0 fully saturated rings. The van der Waals surface area contributed by atoms with Gasteiger partial charge in [0.25, 0.3) is 0 Å². The molecule has 0 saturated carbocycles. The van der Waals surface area contributed by atoms with E-state index in [9.17, 15) is 0 Å². The molecule has 2 aromatic heterocycles. The zero-order valence-electron chi connectivity index (χ0n) is 20.3. The average molecular weight is 442 g/mol. The molecule has 0 amide bonds. The number of nitrogens with zero attached hydrogens (tertiary/aromatic N) is 2. The lowest BCUT2D eigenvalue weighted by Crippen LogP contribution is -1.99. The largest absolute Gasteiger partial charge is 0.388 e. The molecule has 172 valence electrons. The van der Waals surface area contributed by atoms with Crippen molar-refractivity contribution in [2.75, 3.05) is 26.5 Å². The lowest BCUT2D eigenvalue weighted by Gasteiger charge is -2.09. The minimum atomic E-state index is 0.783. The zero-order chi connectivity index (χ0) is 24.2. The molecule has 5 heteroatoms. The molecule has 2 heterocycles. The Labute approximate surface area is 197 Å². The normalized spacial score (nSPS) is 9.85. The van der Waals surface area contributed by atoms with Gasteiger partial charge in [-0.2, -0.15) is 0 Å². The molecule has 0 radical (unpaired) electrons. The van der Waals surface area contributed by atoms with Crippen LogP contribution < -0.4 is 10.6 Å². The van der Waals surface area contributed by atoms with Gasteiger partial charge in [-0.3, -0.25) is 0 Å². The molecule has 0 aliphatic rings. The van der Waals surface area contributed by atoms with Crippen molar-refractivity contribution < 1.29 is 0 Å². The predicted molar refractivity (Wildman–Crippen MR) is 145 cm³/mol. The molecule has 2 aromatic carbocycles. The fraction of sp³-hybridized carbons (Fsp3) is 0.214. The Morgan fingerprint density at radius 2 is 1.67 bits per heavy atom. The summed E-state index contributed by atoms with van der Waals surface area (Å²) in [5.74, 6) is 0. The van der Waals surface area contributed by atoms with Gasteiger partial charge >= 0.3 is 0 Å². The third kappa shape index (κ3) is 6.40. The molecular weight excluding hydrogens is 406 g/mol. The highest BCUT2D eigenvalue weighted by atomic mass is 15.0. The number of rotatable bonds is 6. The van der Waals surface area contributed by atoms with Crippen LogP contribution in [0.15, 0.2) is 73.6 Å². The van der Waals surface area contributed by atoms with Gasteiger partial charge in [-0.05, 0) is 49.0 Å². The Bertz CT molecular complexity index is 1170. The second kappa shape index (κ2) is 13.0. The lowest BCUT2D eigenvalue weighted by atomic mass is 10.0. The van der Waals surface area contributed by atoms with Crippen molar-refractivity contribution in [1.29, 1.82) is 5.41 Å². The van der Waals surface area contributed by atoms with Gasteiger partial charge in [-0.25, -0.2) is 4.98 Å². The number of hydrogen-bond donors (Lipinski definition) is 3. The van der Waals surface area contributed by atoms with E-state index < -0.39 is 0 Å². The van der Waals surface area contributed by atoms with Gasteiger partial charge in [0.1, 0.15) is 5.65 Å². The smallest absolute Gasteiger partial charge is 0.140 e. The van der Waals surface area contributed by atoms with Gasteiger partial charge in [0.05, 0.1) is 0 Å². The van der Waals surface area contributed by atoms with Crippen LogP contribution in [0.5, 0.6) is 0 Å². The summed E-state index contributed by atoms with van der Waals surface area (Å²) in [6.07, 6.45) is 7.21. The minimum absolute atomic E-state index is 0.783. The summed E-state index contributed by atoms with van der Waals surface area (Å²) < 4.78 is 2.17. The Hall–Kier alpha value is -3.70. The third-order valence-corrected chi connectivity index (χ3v) is 4.98. The number of anilines is 1. The lowest BCUT2D eigenvalue weighted by molar-refractivity contribution is 0.825. The van der Waals surface area contributed by atoms with Crippen LogP contribution >= 0.6 is 0 Å². The highest BCUT2D eigenvalue weighted by Gasteiger charge is 2.08. The maximum atomic E-state index is 7.50. The maximum absolute atomic E-state index is 7.50. The molecule has 0 spiro atoms. The van der Waals surface area contributed by atoms with Crippen molar-refractivity contribution >= 4 is 29.0 Å². The van der Waals surface area contributed by atoms with Crippen LogP contribution in [0.3, 0.4) is 0 Å². The van der Waals surface area contributed by atoms with Crippen molar-refractivity contribution in [1.82, 2.24) is 14.9 Å². The predicted octanol–water partition coefficient (Wildman–Crippen LogP) is 6.30. The molecule has 0 bridgehead atoms. The van der Waals surface area contributed by atoms with E-state index >= 15 is 0 Å². The van der Waals surface area contributed by atoms with Crippen molar-refractivity contribution in [2.45, 2.75) is 20.4 Å². The second-order valence-corrected chi connectivity index (χ2v) is 7.22. The summed E-state index contributed by atoms with van der Waals surface area (Å²) in [5.41, 5.74) is 7.28. The number of benzene rings is 2. The molecule has 4 rings (SSSR count). The first kappa shape index (κ1) is 25.6. The summed E-state index contributed by atoms with van der Waals surface area (Å²) >= 11 is 0. The summed E-state index contributed by atoms with van der Waals surface area (Å²) in [5, 5.41) is 14.5. The van der Waals surface area contributed by atoms with E-state index in [0.717, 1.165) is 45.5 Å². The molecule has 3 N–H and O–H groups in total. The van der Waals surface area contributed by atoms with Crippen LogP contribution in [0.2, 0.25) is 0 Å². The maximum Gasteiger partial charge on any atom is 0.140 e. The molecule has 0 atom stereocenters. The van der Waals surface area contributed by atoms with E-state index in [0.29, 0.717) is 0 Å². The first-order valence-electron chi connectivity index (χ1n) is 11.2. The molecular formula is C28H35N5. The van der Waals surface area contributed by atoms with Crippen molar-refractivity contribution in [3.63, 3.8) is 0 Å². The number of hydrogen-bond acceptors (Lipinski definition) is 4. The summed E-state index contributed by atoms with van der Waals surface area (Å²) in [6.45, 7) is 8.58. The third-order valence-electron chi connectivity index (χ3n) is 4.98. The van der Waals surface area contributed by atoms with Crippen LogP contribution in [-0.2, 0) is 6.54 Å². The zero-order valence-corrected chi connectivity index (χ0v) is 20.3. The number of fused-ring (bicyclic) bond motifs is 1. The van der Waals surface area contributed by atoms with E-state index in [1.165, 1.54) is 11.8 Å². The first-order valence-corrected chi connectivity index (χ1v) is 11.2. The van der Waals surface area contributed by atoms with Gasteiger partial charge in [0.2, 0.25) is 0 Å². The fourth-order valence-corrected chi connectivity index (χ4v) is 3.40. The van der Waals surface area contributed by atoms with Crippen molar-refractivity contribution in [3.05, 3.63) is 90.3 Å². The Morgan fingerprint density at radius 1 is 0.970 bits per heavy atom. The first-order chi connectivity index (χ1) is 16.1. The summed E-state index contributed by atoms with van der Waals surface area (Å²) in [6, 6.07) is 18.7. The van der Waals surface area contributed by atoms with Gasteiger partial charge in [-0.1, -0.05) is 62.9 Å². The second-order valence-electron chi connectivity index (χ2n) is 7.22. The molecule has 0 aliphatic heterocycles. The van der Waals surface area contributed by atoms with E-state index in [1.54, 1.807) is 0 Å². The Morgan fingerprint density at radius 3 is 2.27 bits per heavy atom. The van der Waals surface area contributed by atoms with Crippen LogP contribution in [0, 0.1) is 5.41 Å². The minimum Gasteiger partial charge on any atom is -0.388 e. The van der Waals surface area contributed by atoms with Gasteiger partial charge in [-0.15, -0.1) is 0 Å². The Balaban J connectivity index is 0.000000714. The fourth-order valence-electron chi connectivity index (χ4n) is 3.40. The van der Waals surface area contributed by atoms with Crippen molar-refractivity contribution in [2.24, 2.45) is 0 Å². The van der Waals surface area contributed by atoms with E-state index in [4.69, 9.17) is 10.4 Å². The van der Waals surface area contributed by atoms with E-state index in [2.05, 4.69) is 70.4 Å². The highest BCUT2D eigenvalue weighted by molar-refractivity contribution is 5.89. The van der Waals surface area contributed by atoms with Crippen LogP contribution in [-0.4, -0.2) is 36.9 Å².